The van der Waals surface area contributed by atoms with Gasteiger partial charge in [-0.05, 0) is 42.0 Å². The molecule has 1 N–H and O–H groups in total. The standard InChI is InChI=1S/C16H12ClFN2/c17-12-4-5-14-15(6-7-19-16(14)9-12)20-10-11-2-1-3-13(18)8-11/h1-9H,10H2,(H,19,20). The second kappa shape index (κ2) is 5.47. The van der Waals surface area contributed by atoms with E-state index in [0.29, 0.717) is 11.6 Å². The first-order chi connectivity index (χ1) is 9.72. The number of aromatic nitrogens is 1. The van der Waals surface area contributed by atoms with Gasteiger partial charge in [0.25, 0.3) is 0 Å². The second-order valence-corrected chi connectivity index (χ2v) is 4.94. The zero-order chi connectivity index (χ0) is 13.9. The van der Waals surface area contributed by atoms with Crippen molar-refractivity contribution in [3.63, 3.8) is 0 Å². The smallest absolute Gasteiger partial charge is 0.123 e. The molecule has 0 spiro atoms. The highest BCUT2D eigenvalue weighted by Gasteiger charge is 2.03. The van der Waals surface area contributed by atoms with Gasteiger partial charge in [0.05, 0.1) is 5.52 Å². The Morgan fingerprint density at radius 3 is 2.85 bits per heavy atom. The van der Waals surface area contributed by atoms with Crippen molar-refractivity contribution < 1.29 is 4.39 Å². The van der Waals surface area contributed by atoms with E-state index in [1.54, 1.807) is 12.3 Å². The van der Waals surface area contributed by atoms with Crippen LogP contribution < -0.4 is 5.32 Å². The summed E-state index contributed by atoms with van der Waals surface area (Å²) in [6, 6.07) is 14.0. The second-order valence-electron chi connectivity index (χ2n) is 4.50. The summed E-state index contributed by atoms with van der Waals surface area (Å²) in [5, 5.41) is 4.95. The zero-order valence-corrected chi connectivity index (χ0v) is 11.4. The van der Waals surface area contributed by atoms with Gasteiger partial charge in [-0.3, -0.25) is 4.98 Å². The summed E-state index contributed by atoms with van der Waals surface area (Å²) in [4.78, 5) is 4.29. The number of nitrogens with zero attached hydrogens (tertiary/aromatic N) is 1. The van der Waals surface area contributed by atoms with Crippen molar-refractivity contribution in [1.29, 1.82) is 0 Å². The highest BCUT2D eigenvalue weighted by atomic mass is 35.5. The quantitative estimate of drug-likeness (QED) is 0.759. The molecule has 0 saturated heterocycles. The fourth-order valence-electron chi connectivity index (χ4n) is 2.12. The van der Waals surface area contributed by atoms with E-state index in [0.717, 1.165) is 22.2 Å². The average Bonchev–Trinajstić information content (AvgIpc) is 2.44. The Labute approximate surface area is 121 Å². The van der Waals surface area contributed by atoms with Gasteiger partial charge in [0.2, 0.25) is 0 Å². The van der Waals surface area contributed by atoms with Crippen LogP contribution in [-0.2, 0) is 6.54 Å². The molecule has 0 unspecified atom stereocenters. The van der Waals surface area contributed by atoms with E-state index in [2.05, 4.69) is 10.3 Å². The molecule has 0 atom stereocenters. The Morgan fingerprint density at radius 1 is 1.10 bits per heavy atom. The fourth-order valence-corrected chi connectivity index (χ4v) is 2.29. The first kappa shape index (κ1) is 12.9. The Bertz CT molecular complexity index is 758. The highest BCUT2D eigenvalue weighted by molar-refractivity contribution is 6.31. The molecule has 2 nitrogen and oxygen atoms in total. The average molecular weight is 287 g/mol. The Balaban J connectivity index is 1.87. The highest BCUT2D eigenvalue weighted by Crippen LogP contribution is 2.24. The number of pyridine rings is 1. The molecule has 100 valence electrons. The van der Waals surface area contributed by atoms with Crippen LogP contribution in [0.4, 0.5) is 10.1 Å². The van der Waals surface area contributed by atoms with Crippen LogP contribution in [0.1, 0.15) is 5.56 Å². The topological polar surface area (TPSA) is 24.9 Å². The van der Waals surface area contributed by atoms with E-state index >= 15 is 0 Å². The van der Waals surface area contributed by atoms with E-state index in [9.17, 15) is 4.39 Å². The van der Waals surface area contributed by atoms with E-state index in [1.807, 2.05) is 30.3 Å². The van der Waals surface area contributed by atoms with Crippen LogP contribution in [0.15, 0.2) is 54.7 Å². The Kier molecular flexibility index (Phi) is 3.52. The van der Waals surface area contributed by atoms with Crippen LogP contribution in [0.2, 0.25) is 5.02 Å². The van der Waals surface area contributed by atoms with Crippen molar-refractivity contribution in [3.05, 3.63) is 71.1 Å². The molecule has 0 aliphatic carbocycles. The van der Waals surface area contributed by atoms with Gasteiger partial charge in [0.15, 0.2) is 0 Å². The number of nitrogens with one attached hydrogen (secondary N) is 1. The lowest BCUT2D eigenvalue weighted by molar-refractivity contribution is 0.626. The van der Waals surface area contributed by atoms with Crippen molar-refractivity contribution in [1.82, 2.24) is 4.98 Å². The Hall–Kier alpha value is -2.13. The van der Waals surface area contributed by atoms with Gasteiger partial charge in [-0.2, -0.15) is 0 Å². The van der Waals surface area contributed by atoms with E-state index < -0.39 is 0 Å². The van der Waals surface area contributed by atoms with Gasteiger partial charge < -0.3 is 5.32 Å². The maximum atomic E-state index is 13.1. The minimum Gasteiger partial charge on any atom is -0.380 e. The van der Waals surface area contributed by atoms with Gasteiger partial charge in [-0.15, -0.1) is 0 Å². The van der Waals surface area contributed by atoms with Gasteiger partial charge in [-0.1, -0.05) is 23.7 Å². The lowest BCUT2D eigenvalue weighted by Crippen LogP contribution is -2.00. The molecule has 0 saturated carbocycles. The van der Waals surface area contributed by atoms with Crippen molar-refractivity contribution >= 4 is 28.2 Å². The van der Waals surface area contributed by atoms with Crippen LogP contribution in [-0.4, -0.2) is 4.98 Å². The first-order valence-corrected chi connectivity index (χ1v) is 6.63. The molecule has 0 bridgehead atoms. The molecule has 3 rings (SSSR count). The number of hydrogen-bond acceptors (Lipinski definition) is 2. The lowest BCUT2D eigenvalue weighted by Gasteiger charge is -2.09. The summed E-state index contributed by atoms with van der Waals surface area (Å²) in [7, 11) is 0. The number of halogens is 2. The maximum absolute atomic E-state index is 13.1. The molecule has 20 heavy (non-hydrogen) atoms. The molecule has 4 heteroatoms. The van der Waals surface area contributed by atoms with Crippen molar-refractivity contribution in [2.24, 2.45) is 0 Å². The van der Waals surface area contributed by atoms with Crippen molar-refractivity contribution in [3.8, 4) is 0 Å². The SMILES string of the molecule is Fc1cccc(CNc2ccnc3cc(Cl)ccc23)c1. The lowest BCUT2D eigenvalue weighted by atomic mass is 10.1. The molecule has 1 heterocycles. The predicted molar refractivity (Wildman–Crippen MR) is 80.5 cm³/mol. The van der Waals surface area contributed by atoms with Gasteiger partial charge in [-0.25, -0.2) is 4.39 Å². The van der Waals surface area contributed by atoms with Crippen LogP contribution in [0.5, 0.6) is 0 Å². The Morgan fingerprint density at radius 2 is 2.00 bits per heavy atom. The predicted octanol–water partition coefficient (Wildman–Crippen LogP) is 4.64. The molecule has 0 aliphatic heterocycles. The van der Waals surface area contributed by atoms with Gasteiger partial charge in [0.1, 0.15) is 5.82 Å². The number of fused-ring (bicyclic) bond motifs is 1. The van der Waals surface area contributed by atoms with Crippen LogP contribution in [0.25, 0.3) is 10.9 Å². The van der Waals surface area contributed by atoms with Crippen molar-refractivity contribution in [2.75, 3.05) is 5.32 Å². The molecule has 0 radical (unpaired) electrons. The number of rotatable bonds is 3. The summed E-state index contributed by atoms with van der Waals surface area (Å²) in [6.07, 6.45) is 1.73. The summed E-state index contributed by atoms with van der Waals surface area (Å²) in [6.45, 7) is 0.555. The third-order valence-electron chi connectivity index (χ3n) is 3.08. The van der Waals surface area contributed by atoms with Crippen LogP contribution in [0, 0.1) is 5.82 Å². The maximum Gasteiger partial charge on any atom is 0.123 e. The molecule has 0 aliphatic rings. The summed E-state index contributed by atoms with van der Waals surface area (Å²) in [5.74, 6) is -0.226. The molecule has 3 aromatic rings. The molecule has 0 amide bonds. The van der Waals surface area contributed by atoms with Crippen molar-refractivity contribution in [2.45, 2.75) is 6.54 Å². The number of benzene rings is 2. The van der Waals surface area contributed by atoms with E-state index in [4.69, 9.17) is 11.6 Å². The molecular weight excluding hydrogens is 275 g/mol. The number of anilines is 1. The molecular formula is C16H12ClFN2. The van der Waals surface area contributed by atoms with E-state index in [-0.39, 0.29) is 5.82 Å². The summed E-state index contributed by atoms with van der Waals surface area (Å²) >= 11 is 5.96. The molecule has 2 aromatic carbocycles. The largest absolute Gasteiger partial charge is 0.380 e. The van der Waals surface area contributed by atoms with Crippen LogP contribution >= 0.6 is 11.6 Å². The summed E-state index contributed by atoms with van der Waals surface area (Å²) in [5.41, 5.74) is 2.68. The third kappa shape index (κ3) is 2.73. The van der Waals surface area contributed by atoms with E-state index in [1.165, 1.54) is 12.1 Å². The van der Waals surface area contributed by atoms with Gasteiger partial charge >= 0.3 is 0 Å². The first-order valence-electron chi connectivity index (χ1n) is 6.25. The van der Waals surface area contributed by atoms with Gasteiger partial charge in [0, 0.05) is 28.8 Å². The summed E-state index contributed by atoms with van der Waals surface area (Å²) < 4.78 is 13.1. The molecule has 1 aromatic heterocycles. The number of hydrogen-bond donors (Lipinski definition) is 1. The fraction of sp³-hybridized carbons (Fsp3) is 0.0625. The normalized spacial score (nSPS) is 10.7. The minimum atomic E-state index is -0.226. The third-order valence-corrected chi connectivity index (χ3v) is 3.31. The minimum absolute atomic E-state index is 0.226. The monoisotopic (exact) mass is 286 g/mol. The zero-order valence-electron chi connectivity index (χ0n) is 10.6. The van der Waals surface area contributed by atoms with Crippen LogP contribution in [0.3, 0.4) is 0 Å². The molecule has 0 fully saturated rings.